The fourth-order valence-corrected chi connectivity index (χ4v) is 1.19. The summed E-state index contributed by atoms with van der Waals surface area (Å²) in [6.45, 7) is 3.80. The molecule has 0 aliphatic rings. The molecule has 5 heteroatoms. The Morgan fingerprint density at radius 1 is 1.24 bits per heavy atom. The topological polar surface area (TPSA) is 72.8 Å². The van der Waals surface area contributed by atoms with Crippen molar-refractivity contribution in [2.45, 2.75) is 20.3 Å². The lowest BCUT2D eigenvalue weighted by atomic mass is 10.2. The molecule has 5 nitrogen and oxygen atoms in total. The van der Waals surface area contributed by atoms with Gasteiger partial charge in [-0.15, -0.1) is 0 Å². The van der Waals surface area contributed by atoms with Crippen LogP contribution in [0.4, 0.5) is 0 Å². The van der Waals surface area contributed by atoms with Gasteiger partial charge in [0.05, 0.1) is 12.2 Å². The predicted molar refractivity (Wildman–Crippen MR) is 60.5 cm³/mol. The second-order valence-electron chi connectivity index (χ2n) is 3.23. The van der Waals surface area contributed by atoms with Gasteiger partial charge in [-0.05, 0) is 25.1 Å². The van der Waals surface area contributed by atoms with Crippen LogP contribution >= 0.6 is 0 Å². The fourth-order valence-electron chi connectivity index (χ4n) is 1.19. The van der Waals surface area contributed by atoms with E-state index in [0.29, 0.717) is 6.61 Å². The van der Waals surface area contributed by atoms with Crippen molar-refractivity contribution >= 4 is 11.9 Å². The maximum absolute atomic E-state index is 11.2. The second-order valence-corrected chi connectivity index (χ2v) is 3.23. The largest absolute Gasteiger partial charge is 0.490 e. The summed E-state index contributed by atoms with van der Waals surface area (Å²) >= 11 is 0. The summed E-state index contributed by atoms with van der Waals surface area (Å²) in [6.07, 6.45) is 0.242. The molecular formula is C12H14O5. The van der Waals surface area contributed by atoms with Crippen LogP contribution in [0.5, 0.6) is 11.5 Å². The number of hydrogen-bond donors (Lipinski definition) is 1. The van der Waals surface area contributed by atoms with Crippen molar-refractivity contribution in [3.8, 4) is 11.5 Å². The highest BCUT2D eigenvalue weighted by Crippen LogP contribution is 2.28. The van der Waals surface area contributed by atoms with Crippen molar-refractivity contribution < 1.29 is 24.2 Å². The van der Waals surface area contributed by atoms with E-state index in [1.807, 2.05) is 0 Å². The summed E-state index contributed by atoms with van der Waals surface area (Å²) in [5.41, 5.74) is 0.0877. The Kier molecular flexibility index (Phi) is 4.51. The van der Waals surface area contributed by atoms with Crippen LogP contribution in [0.1, 0.15) is 30.6 Å². The van der Waals surface area contributed by atoms with Gasteiger partial charge in [-0.1, -0.05) is 6.92 Å². The molecule has 17 heavy (non-hydrogen) atoms. The van der Waals surface area contributed by atoms with E-state index in [-0.39, 0.29) is 23.5 Å². The molecule has 0 aromatic heterocycles. The average molecular weight is 238 g/mol. The Morgan fingerprint density at radius 2 is 1.94 bits per heavy atom. The van der Waals surface area contributed by atoms with Gasteiger partial charge in [-0.25, -0.2) is 4.79 Å². The first-order valence-electron chi connectivity index (χ1n) is 5.29. The highest BCUT2D eigenvalue weighted by Gasteiger charge is 2.12. The number of benzene rings is 1. The lowest BCUT2D eigenvalue weighted by Crippen LogP contribution is -2.08. The fraction of sp³-hybridized carbons (Fsp3) is 0.333. The minimum Gasteiger partial charge on any atom is -0.490 e. The van der Waals surface area contributed by atoms with E-state index in [2.05, 4.69) is 0 Å². The molecule has 0 heterocycles. The molecule has 0 aliphatic heterocycles. The second kappa shape index (κ2) is 5.89. The summed E-state index contributed by atoms with van der Waals surface area (Å²) in [7, 11) is 0. The van der Waals surface area contributed by atoms with E-state index in [9.17, 15) is 9.59 Å². The first-order valence-corrected chi connectivity index (χ1v) is 5.29. The summed E-state index contributed by atoms with van der Waals surface area (Å²) in [5, 5.41) is 8.83. The normalized spacial score (nSPS) is 9.76. The first-order chi connectivity index (χ1) is 8.08. The number of carbonyl (C=O) groups excluding carboxylic acids is 1. The monoisotopic (exact) mass is 238 g/mol. The first kappa shape index (κ1) is 13.0. The van der Waals surface area contributed by atoms with Crippen molar-refractivity contribution in [2.24, 2.45) is 0 Å². The van der Waals surface area contributed by atoms with Crippen LogP contribution in [0, 0.1) is 0 Å². The Balaban J connectivity index is 3.03. The summed E-state index contributed by atoms with van der Waals surface area (Å²) in [6, 6.07) is 4.12. The Labute approximate surface area is 99.0 Å². The molecule has 0 radical (unpaired) electrons. The number of ether oxygens (including phenoxy) is 2. The molecule has 0 saturated carbocycles. The third-order valence-electron chi connectivity index (χ3n) is 2.00. The summed E-state index contributed by atoms with van der Waals surface area (Å²) < 4.78 is 10.3. The highest BCUT2D eigenvalue weighted by atomic mass is 16.6. The maximum Gasteiger partial charge on any atom is 0.335 e. The van der Waals surface area contributed by atoms with Gasteiger partial charge >= 0.3 is 11.9 Å². The average Bonchev–Trinajstić information content (AvgIpc) is 2.31. The molecule has 1 aromatic rings. The van der Waals surface area contributed by atoms with Gasteiger partial charge in [0.1, 0.15) is 0 Å². The quantitative estimate of drug-likeness (QED) is 0.628. The summed E-state index contributed by atoms with van der Waals surface area (Å²) in [5.74, 6) is -0.953. The molecule has 0 saturated heterocycles. The van der Waals surface area contributed by atoms with Gasteiger partial charge in [0.25, 0.3) is 0 Å². The van der Waals surface area contributed by atoms with Crippen LogP contribution in [0.15, 0.2) is 18.2 Å². The van der Waals surface area contributed by atoms with Gasteiger partial charge in [0.15, 0.2) is 11.5 Å². The minimum atomic E-state index is -1.06. The molecule has 0 aliphatic carbocycles. The van der Waals surface area contributed by atoms with E-state index in [4.69, 9.17) is 14.6 Å². The molecule has 1 N–H and O–H groups in total. The van der Waals surface area contributed by atoms with Crippen molar-refractivity contribution in [1.29, 1.82) is 0 Å². The van der Waals surface area contributed by atoms with Crippen LogP contribution in [0.2, 0.25) is 0 Å². The molecular weight excluding hydrogens is 224 g/mol. The van der Waals surface area contributed by atoms with Crippen LogP contribution in [0.25, 0.3) is 0 Å². The van der Waals surface area contributed by atoms with Gasteiger partial charge < -0.3 is 14.6 Å². The van der Waals surface area contributed by atoms with Crippen LogP contribution in [0.3, 0.4) is 0 Å². The zero-order valence-electron chi connectivity index (χ0n) is 9.73. The Bertz CT molecular complexity index is 425. The molecule has 0 unspecified atom stereocenters. The third-order valence-corrected chi connectivity index (χ3v) is 2.00. The van der Waals surface area contributed by atoms with Crippen LogP contribution in [-0.4, -0.2) is 23.7 Å². The third kappa shape index (κ3) is 3.48. The van der Waals surface area contributed by atoms with E-state index >= 15 is 0 Å². The van der Waals surface area contributed by atoms with Gasteiger partial charge in [0.2, 0.25) is 0 Å². The van der Waals surface area contributed by atoms with E-state index < -0.39 is 11.9 Å². The van der Waals surface area contributed by atoms with Crippen molar-refractivity contribution in [3.05, 3.63) is 23.8 Å². The van der Waals surface area contributed by atoms with Gasteiger partial charge in [0, 0.05) is 6.42 Å². The Morgan fingerprint density at radius 3 is 2.47 bits per heavy atom. The molecule has 0 bridgehead atoms. The Hall–Kier alpha value is -2.04. The van der Waals surface area contributed by atoms with Crippen LogP contribution < -0.4 is 9.47 Å². The highest BCUT2D eigenvalue weighted by molar-refractivity contribution is 5.88. The lowest BCUT2D eigenvalue weighted by molar-refractivity contribution is -0.134. The van der Waals surface area contributed by atoms with E-state index in [0.717, 1.165) is 0 Å². The lowest BCUT2D eigenvalue weighted by Gasteiger charge is -2.10. The number of carboxylic acids is 1. The molecule has 1 rings (SSSR count). The van der Waals surface area contributed by atoms with Crippen molar-refractivity contribution in [3.63, 3.8) is 0 Å². The molecule has 0 fully saturated rings. The maximum atomic E-state index is 11.2. The number of hydrogen-bond acceptors (Lipinski definition) is 4. The molecule has 1 aromatic carbocycles. The number of esters is 1. The zero-order chi connectivity index (χ0) is 12.8. The molecule has 0 atom stereocenters. The number of carboxylic acid groups (broad SMARTS) is 1. The summed E-state index contributed by atoms with van der Waals surface area (Å²) in [4.78, 5) is 21.9. The van der Waals surface area contributed by atoms with E-state index in [1.165, 1.54) is 18.2 Å². The van der Waals surface area contributed by atoms with Crippen LogP contribution in [-0.2, 0) is 4.79 Å². The number of carbonyl (C=O) groups is 2. The van der Waals surface area contributed by atoms with Crippen molar-refractivity contribution in [2.75, 3.05) is 6.61 Å². The van der Waals surface area contributed by atoms with Gasteiger partial charge in [-0.3, -0.25) is 4.79 Å². The number of rotatable bonds is 5. The minimum absolute atomic E-state index is 0.0877. The predicted octanol–water partition coefficient (Wildman–Crippen LogP) is 2.10. The SMILES string of the molecule is CCOc1cc(C(=O)O)ccc1OC(=O)CC. The zero-order valence-corrected chi connectivity index (χ0v) is 9.73. The van der Waals surface area contributed by atoms with E-state index in [1.54, 1.807) is 13.8 Å². The van der Waals surface area contributed by atoms with Crippen molar-refractivity contribution in [1.82, 2.24) is 0 Å². The molecule has 0 spiro atoms. The number of aromatic carboxylic acids is 1. The standard InChI is InChI=1S/C12H14O5/c1-3-11(13)17-9-6-5-8(12(14)15)7-10(9)16-4-2/h5-7H,3-4H2,1-2H3,(H,14,15). The van der Waals surface area contributed by atoms with Gasteiger partial charge in [-0.2, -0.15) is 0 Å². The smallest absolute Gasteiger partial charge is 0.335 e. The molecule has 92 valence electrons. The molecule has 0 amide bonds.